The lowest BCUT2D eigenvalue weighted by Crippen LogP contribution is -2.22. The van der Waals surface area contributed by atoms with Crippen molar-refractivity contribution >= 4 is 17.5 Å². The van der Waals surface area contributed by atoms with Crippen LogP contribution < -0.4 is 0 Å². The summed E-state index contributed by atoms with van der Waals surface area (Å²) in [5, 5.41) is 8.46. The van der Waals surface area contributed by atoms with E-state index in [-0.39, 0.29) is 6.42 Å². The predicted molar refractivity (Wildman–Crippen MR) is 134 cm³/mol. The number of hydrogen-bond donors (Lipinski definition) is 1. The van der Waals surface area contributed by atoms with Crippen LogP contribution in [0.15, 0.2) is 0 Å². The van der Waals surface area contributed by atoms with Crippen LogP contribution in [-0.4, -0.2) is 22.6 Å². The molecule has 0 heterocycles. The van der Waals surface area contributed by atoms with Crippen LogP contribution in [0.5, 0.6) is 0 Å². The van der Waals surface area contributed by atoms with Gasteiger partial charge in [-0.1, -0.05) is 148 Å². The first kappa shape index (κ1) is 30.8. The van der Waals surface area contributed by atoms with Gasteiger partial charge in [0.1, 0.15) is 0 Å². The topological polar surface area (TPSA) is 71.4 Å². The highest BCUT2D eigenvalue weighted by Gasteiger charge is 2.20. The zero-order valence-corrected chi connectivity index (χ0v) is 21.1. The van der Waals surface area contributed by atoms with Crippen LogP contribution in [0.25, 0.3) is 0 Å². The summed E-state index contributed by atoms with van der Waals surface area (Å²) in [7, 11) is 0. The average molecular weight is 453 g/mol. The third-order valence-electron chi connectivity index (χ3n) is 6.45. The number of Topliss-reactive ketones (excluding diaryl/α,β-unsaturated/α-hetero) is 2. The summed E-state index contributed by atoms with van der Waals surface area (Å²) in [6.07, 6.45) is 30.3. The van der Waals surface area contributed by atoms with E-state index in [0.717, 1.165) is 12.8 Å². The Morgan fingerprint density at radius 1 is 0.438 bits per heavy atom. The third-order valence-corrected chi connectivity index (χ3v) is 6.45. The average Bonchev–Trinajstić information content (AvgIpc) is 2.78. The molecule has 0 aliphatic carbocycles. The number of carbonyl (C=O) groups is 3. The molecule has 0 aromatic carbocycles. The summed E-state index contributed by atoms with van der Waals surface area (Å²) in [4.78, 5) is 32.6. The number of carbonyl (C=O) groups excluding carboxylic acids is 2. The number of rotatable bonds is 26. The minimum atomic E-state index is -1.64. The lowest BCUT2D eigenvalue weighted by molar-refractivity contribution is -0.152. The summed E-state index contributed by atoms with van der Waals surface area (Å²) in [5.41, 5.74) is 0. The third kappa shape index (κ3) is 22.0. The molecule has 0 bridgehead atoms. The summed E-state index contributed by atoms with van der Waals surface area (Å²) in [5.74, 6) is -3.67. The molecule has 0 unspecified atom stereocenters. The van der Waals surface area contributed by atoms with E-state index >= 15 is 0 Å². The van der Waals surface area contributed by atoms with Crippen molar-refractivity contribution in [2.75, 3.05) is 0 Å². The smallest absolute Gasteiger partial charge is 0.380 e. The molecule has 188 valence electrons. The molecule has 4 nitrogen and oxygen atoms in total. The van der Waals surface area contributed by atoms with Crippen LogP contribution in [0.1, 0.15) is 161 Å². The Kier molecular flexibility index (Phi) is 23.5. The van der Waals surface area contributed by atoms with Gasteiger partial charge in [0.15, 0.2) is 0 Å². The maximum absolute atomic E-state index is 11.3. The Bertz CT molecular complexity index is 458. The predicted octanol–water partition coefficient (Wildman–Crippen LogP) is 8.59. The largest absolute Gasteiger partial charge is 0.475 e. The molecule has 0 saturated carbocycles. The molecule has 0 aromatic rings. The normalized spacial score (nSPS) is 11.0. The van der Waals surface area contributed by atoms with Gasteiger partial charge in [-0.05, 0) is 6.42 Å². The Labute approximate surface area is 198 Å². The molecular formula is C28H52O4. The molecule has 0 aliphatic heterocycles. The van der Waals surface area contributed by atoms with E-state index in [1.54, 1.807) is 0 Å². The van der Waals surface area contributed by atoms with Gasteiger partial charge in [-0.15, -0.1) is 0 Å². The SMILES string of the molecule is CCCCCCCCCCCCCCCCCCCCCCCCCC(=O)C(=O)C(=O)O. The molecule has 0 rings (SSSR count). The van der Waals surface area contributed by atoms with E-state index in [9.17, 15) is 14.4 Å². The van der Waals surface area contributed by atoms with Crippen LogP contribution in [0.3, 0.4) is 0 Å². The fraction of sp³-hybridized carbons (Fsp3) is 0.893. The van der Waals surface area contributed by atoms with Gasteiger partial charge in [0.2, 0.25) is 5.78 Å². The van der Waals surface area contributed by atoms with Gasteiger partial charge in [-0.3, -0.25) is 9.59 Å². The maximum Gasteiger partial charge on any atom is 0.380 e. The zero-order chi connectivity index (χ0) is 23.7. The summed E-state index contributed by atoms with van der Waals surface area (Å²) in [6, 6.07) is 0. The molecule has 0 amide bonds. The fourth-order valence-corrected chi connectivity index (χ4v) is 4.30. The second-order valence-electron chi connectivity index (χ2n) is 9.59. The van der Waals surface area contributed by atoms with Crippen molar-refractivity contribution in [3.05, 3.63) is 0 Å². The minimum Gasteiger partial charge on any atom is -0.475 e. The van der Waals surface area contributed by atoms with Crippen molar-refractivity contribution in [3.8, 4) is 0 Å². The first-order valence-electron chi connectivity index (χ1n) is 13.9. The van der Waals surface area contributed by atoms with Gasteiger partial charge in [0.05, 0.1) is 0 Å². The number of unbranched alkanes of at least 4 members (excludes halogenated alkanes) is 22. The summed E-state index contributed by atoms with van der Waals surface area (Å²) < 4.78 is 0. The van der Waals surface area contributed by atoms with E-state index in [1.807, 2.05) is 0 Å². The molecule has 0 aliphatic rings. The van der Waals surface area contributed by atoms with Crippen molar-refractivity contribution in [1.82, 2.24) is 0 Å². The van der Waals surface area contributed by atoms with E-state index in [4.69, 9.17) is 5.11 Å². The van der Waals surface area contributed by atoms with E-state index < -0.39 is 17.5 Å². The molecular weight excluding hydrogens is 400 g/mol. The second kappa shape index (κ2) is 24.5. The summed E-state index contributed by atoms with van der Waals surface area (Å²) in [6.45, 7) is 2.28. The highest BCUT2D eigenvalue weighted by molar-refractivity contribution is 6.61. The van der Waals surface area contributed by atoms with Crippen LogP contribution in [0.4, 0.5) is 0 Å². The first-order chi connectivity index (χ1) is 15.6. The first-order valence-corrected chi connectivity index (χ1v) is 13.9. The number of carboxylic acid groups (broad SMARTS) is 1. The van der Waals surface area contributed by atoms with E-state index in [0.29, 0.717) is 6.42 Å². The molecule has 0 aromatic heterocycles. The van der Waals surface area contributed by atoms with Crippen molar-refractivity contribution in [2.45, 2.75) is 161 Å². The standard InChI is InChI=1S/C28H52O4/c1-2-3-4-5-6-7-8-9-10-11-12-13-14-15-16-17-18-19-20-21-22-23-24-25-26(29)27(30)28(31)32/h2-25H2,1H3,(H,31,32). The highest BCUT2D eigenvalue weighted by Crippen LogP contribution is 2.15. The Morgan fingerprint density at radius 3 is 0.938 bits per heavy atom. The van der Waals surface area contributed by atoms with Crippen molar-refractivity contribution in [1.29, 1.82) is 0 Å². The molecule has 0 atom stereocenters. The van der Waals surface area contributed by atoms with Gasteiger partial charge < -0.3 is 5.11 Å². The molecule has 32 heavy (non-hydrogen) atoms. The van der Waals surface area contributed by atoms with Crippen LogP contribution in [-0.2, 0) is 14.4 Å². The fourth-order valence-electron chi connectivity index (χ4n) is 4.30. The molecule has 0 fully saturated rings. The number of aliphatic carboxylic acids is 1. The van der Waals surface area contributed by atoms with Gasteiger partial charge in [0, 0.05) is 6.42 Å². The number of hydrogen-bond acceptors (Lipinski definition) is 3. The van der Waals surface area contributed by atoms with Crippen molar-refractivity contribution in [2.24, 2.45) is 0 Å². The van der Waals surface area contributed by atoms with Crippen LogP contribution >= 0.6 is 0 Å². The number of ketones is 2. The molecule has 0 radical (unpaired) electrons. The van der Waals surface area contributed by atoms with Crippen molar-refractivity contribution < 1.29 is 19.5 Å². The lowest BCUT2D eigenvalue weighted by Gasteiger charge is -2.04. The molecule has 0 saturated heterocycles. The van der Waals surface area contributed by atoms with E-state index in [2.05, 4.69) is 6.92 Å². The van der Waals surface area contributed by atoms with Crippen molar-refractivity contribution in [3.63, 3.8) is 0 Å². The van der Waals surface area contributed by atoms with Gasteiger partial charge >= 0.3 is 11.8 Å². The maximum atomic E-state index is 11.3. The Hall–Kier alpha value is -1.19. The molecule has 0 spiro atoms. The van der Waals surface area contributed by atoms with Gasteiger partial charge in [-0.2, -0.15) is 0 Å². The molecule has 1 N–H and O–H groups in total. The Balaban J connectivity index is 3.13. The Morgan fingerprint density at radius 2 is 0.688 bits per heavy atom. The van der Waals surface area contributed by atoms with E-state index in [1.165, 1.54) is 128 Å². The zero-order valence-electron chi connectivity index (χ0n) is 21.1. The monoisotopic (exact) mass is 452 g/mol. The second-order valence-corrected chi connectivity index (χ2v) is 9.59. The summed E-state index contributed by atoms with van der Waals surface area (Å²) >= 11 is 0. The number of carboxylic acids is 1. The lowest BCUT2D eigenvalue weighted by atomic mass is 10.0. The molecule has 4 heteroatoms. The minimum absolute atomic E-state index is 0.0737. The van der Waals surface area contributed by atoms with Crippen LogP contribution in [0.2, 0.25) is 0 Å². The quantitative estimate of drug-likeness (QED) is 0.0810. The van der Waals surface area contributed by atoms with Gasteiger partial charge in [-0.25, -0.2) is 4.79 Å². The van der Waals surface area contributed by atoms with Crippen LogP contribution in [0, 0.1) is 0 Å². The van der Waals surface area contributed by atoms with Gasteiger partial charge in [0.25, 0.3) is 0 Å². The highest BCUT2D eigenvalue weighted by atomic mass is 16.4.